The van der Waals surface area contributed by atoms with E-state index < -0.39 is 20.0 Å². The quantitative estimate of drug-likeness (QED) is 0.0243. The second kappa shape index (κ2) is 47.5. The first kappa shape index (κ1) is 63.5. The zero-order valence-electron chi connectivity index (χ0n) is 43.5. The normalized spacial score (nSPS) is 14.4. The summed E-state index contributed by atoms with van der Waals surface area (Å²) in [5.41, 5.74) is 0. The molecular formula is C56H108N2O6P+. The van der Waals surface area contributed by atoms with Crippen LogP contribution < -0.4 is 5.32 Å². The molecule has 0 aliphatic rings. The van der Waals surface area contributed by atoms with Gasteiger partial charge in [0.1, 0.15) is 13.2 Å². The van der Waals surface area contributed by atoms with Crippen LogP contribution in [0.3, 0.4) is 0 Å². The summed E-state index contributed by atoms with van der Waals surface area (Å²) >= 11 is 0. The summed E-state index contributed by atoms with van der Waals surface area (Å²) in [6, 6.07) is -0.846. The highest BCUT2D eigenvalue weighted by Gasteiger charge is 2.27. The lowest BCUT2D eigenvalue weighted by atomic mass is 10.0. The van der Waals surface area contributed by atoms with Crippen LogP contribution in [0.4, 0.5) is 0 Å². The molecule has 3 N–H and O–H groups in total. The number of hydrogen-bond acceptors (Lipinski definition) is 5. The van der Waals surface area contributed by atoms with Gasteiger partial charge >= 0.3 is 7.82 Å². The molecule has 382 valence electrons. The van der Waals surface area contributed by atoms with Crippen molar-refractivity contribution in [1.82, 2.24) is 5.32 Å². The van der Waals surface area contributed by atoms with E-state index in [1.54, 1.807) is 6.08 Å². The molecule has 0 aliphatic carbocycles. The fraction of sp³-hybridized carbons (Fsp3) is 0.839. The van der Waals surface area contributed by atoms with E-state index in [2.05, 4.69) is 55.6 Å². The van der Waals surface area contributed by atoms with Crippen LogP contribution in [0.1, 0.15) is 251 Å². The molecule has 0 aromatic rings. The van der Waals surface area contributed by atoms with Gasteiger partial charge in [0.05, 0.1) is 39.9 Å². The minimum atomic E-state index is -4.34. The first-order chi connectivity index (χ1) is 31.5. The van der Waals surface area contributed by atoms with Crippen molar-refractivity contribution in [3.63, 3.8) is 0 Å². The first-order valence-corrected chi connectivity index (χ1v) is 29.0. The highest BCUT2D eigenvalue weighted by atomic mass is 31.2. The third kappa shape index (κ3) is 50.2. The van der Waals surface area contributed by atoms with Gasteiger partial charge in [-0.1, -0.05) is 236 Å². The summed E-state index contributed by atoms with van der Waals surface area (Å²) in [5, 5.41) is 13.9. The lowest BCUT2D eigenvalue weighted by molar-refractivity contribution is -0.870. The smallest absolute Gasteiger partial charge is 0.387 e. The average Bonchev–Trinajstić information content (AvgIpc) is 3.26. The van der Waals surface area contributed by atoms with E-state index in [1.807, 2.05) is 27.2 Å². The summed E-state index contributed by atoms with van der Waals surface area (Å²) in [6.45, 7) is 4.81. The van der Waals surface area contributed by atoms with Crippen molar-refractivity contribution >= 4 is 13.7 Å². The standard InChI is InChI=1S/C56H107N2O6P/c1-6-8-10-12-14-16-18-20-22-23-24-25-26-27-28-29-30-31-32-33-34-35-36-38-40-42-44-46-48-50-56(60)57-54(53-64-65(61,62)63-52-51-58(3,4)5)55(59)49-47-45-43-41-39-37-21-19-17-15-13-11-9-7-2/h18,20,23-24,26-27,47,49,54-55,59H,6-17,19,21-22,25,28-46,48,50-53H2,1-5H3,(H-,57,60,61,62)/p+1/b20-18-,24-23-,27-26-,49-47+. The number of hydrogen-bond donors (Lipinski definition) is 3. The number of likely N-dealkylation sites (N-methyl/N-ethyl adjacent to an activating group) is 1. The Bertz CT molecular complexity index is 1200. The van der Waals surface area contributed by atoms with E-state index in [4.69, 9.17) is 9.05 Å². The zero-order valence-corrected chi connectivity index (χ0v) is 44.4. The van der Waals surface area contributed by atoms with Gasteiger partial charge in [-0.2, -0.15) is 0 Å². The van der Waals surface area contributed by atoms with Crippen LogP contribution in [0.5, 0.6) is 0 Å². The lowest BCUT2D eigenvalue weighted by Crippen LogP contribution is -2.45. The fourth-order valence-electron chi connectivity index (χ4n) is 7.93. The van der Waals surface area contributed by atoms with Gasteiger partial charge in [0.2, 0.25) is 5.91 Å². The van der Waals surface area contributed by atoms with Gasteiger partial charge in [-0.15, -0.1) is 0 Å². The van der Waals surface area contributed by atoms with Crippen LogP contribution >= 0.6 is 7.82 Å². The molecule has 0 aromatic heterocycles. The lowest BCUT2D eigenvalue weighted by Gasteiger charge is -2.25. The molecule has 8 nitrogen and oxygen atoms in total. The Kier molecular flexibility index (Phi) is 46.4. The molecule has 0 saturated carbocycles. The molecule has 0 saturated heterocycles. The van der Waals surface area contributed by atoms with Crippen molar-refractivity contribution in [2.45, 2.75) is 264 Å². The molecule has 0 fully saturated rings. The second-order valence-electron chi connectivity index (χ2n) is 20.0. The van der Waals surface area contributed by atoms with Crippen LogP contribution in [0, 0.1) is 0 Å². The van der Waals surface area contributed by atoms with Crippen molar-refractivity contribution in [2.75, 3.05) is 40.9 Å². The third-order valence-electron chi connectivity index (χ3n) is 12.3. The molecule has 0 bridgehead atoms. The van der Waals surface area contributed by atoms with E-state index >= 15 is 0 Å². The summed E-state index contributed by atoms with van der Waals surface area (Å²) < 4.78 is 23.7. The number of carbonyl (C=O) groups is 1. The summed E-state index contributed by atoms with van der Waals surface area (Å²) in [6.07, 6.45) is 62.0. The number of rotatable bonds is 50. The predicted octanol–water partition coefficient (Wildman–Crippen LogP) is 16.4. The maximum absolute atomic E-state index is 12.9. The molecular weight excluding hydrogens is 828 g/mol. The predicted molar refractivity (Wildman–Crippen MR) is 281 cm³/mol. The number of allylic oxidation sites excluding steroid dienone is 7. The minimum absolute atomic E-state index is 0.0612. The first-order valence-electron chi connectivity index (χ1n) is 27.5. The molecule has 0 heterocycles. The SMILES string of the molecule is CCCCCCC/C=C\C/C=C\C/C=C\CCCCCCCCCCCCCCCCC(=O)NC(COP(=O)(O)OCC[N+](C)(C)C)C(O)/C=C/CCCCCCCCCCCCCC. The summed E-state index contributed by atoms with van der Waals surface area (Å²) in [7, 11) is 1.57. The molecule has 0 aliphatic heterocycles. The highest BCUT2D eigenvalue weighted by molar-refractivity contribution is 7.47. The Labute approximate surface area is 403 Å². The fourth-order valence-corrected chi connectivity index (χ4v) is 8.67. The van der Waals surface area contributed by atoms with Crippen molar-refractivity contribution in [2.24, 2.45) is 0 Å². The number of amides is 1. The molecule has 65 heavy (non-hydrogen) atoms. The van der Waals surface area contributed by atoms with Gasteiger partial charge in [-0.25, -0.2) is 4.57 Å². The van der Waals surface area contributed by atoms with Crippen LogP contribution in [0.15, 0.2) is 48.6 Å². The number of aliphatic hydroxyl groups excluding tert-OH is 1. The molecule has 9 heteroatoms. The third-order valence-corrected chi connectivity index (χ3v) is 13.3. The van der Waals surface area contributed by atoms with Crippen LogP contribution in [-0.4, -0.2) is 73.4 Å². The maximum Gasteiger partial charge on any atom is 0.472 e. The van der Waals surface area contributed by atoms with E-state index in [9.17, 15) is 19.4 Å². The number of aliphatic hydroxyl groups is 1. The van der Waals surface area contributed by atoms with Crippen LogP contribution in [0.2, 0.25) is 0 Å². The Morgan fingerprint density at radius 1 is 0.523 bits per heavy atom. The van der Waals surface area contributed by atoms with Crippen molar-refractivity contribution in [3.8, 4) is 0 Å². The van der Waals surface area contributed by atoms with Crippen molar-refractivity contribution in [3.05, 3.63) is 48.6 Å². The van der Waals surface area contributed by atoms with E-state index in [1.165, 1.54) is 180 Å². The number of nitrogens with one attached hydrogen (secondary N) is 1. The second-order valence-corrected chi connectivity index (χ2v) is 21.4. The molecule has 0 aromatic carbocycles. The minimum Gasteiger partial charge on any atom is -0.387 e. The number of phosphoric acid groups is 1. The molecule has 3 atom stereocenters. The average molecular weight is 936 g/mol. The molecule has 1 amide bonds. The maximum atomic E-state index is 12.9. The van der Waals surface area contributed by atoms with Gasteiger partial charge in [-0.05, 0) is 57.8 Å². The molecule has 0 rings (SSSR count). The number of phosphoric ester groups is 1. The van der Waals surface area contributed by atoms with Gasteiger partial charge < -0.3 is 19.8 Å². The van der Waals surface area contributed by atoms with Crippen LogP contribution in [0.25, 0.3) is 0 Å². The molecule has 0 radical (unpaired) electrons. The Balaban J connectivity index is 4.14. The van der Waals surface area contributed by atoms with Crippen molar-refractivity contribution in [1.29, 1.82) is 0 Å². The number of nitrogens with zero attached hydrogens (tertiary/aromatic N) is 1. The Hall–Kier alpha value is -1.54. The summed E-state index contributed by atoms with van der Waals surface area (Å²) in [4.78, 5) is 23.2. The Morgan fingerprint density at radius 2 is 0.877 bits per heavy atom. The van der Waals surface area contributed by atoms with Gasteiger partial charge in [0.25, 0.3) is 0 Å². The van der Waals surface area contributed by atoms with Crippen molar-refractivity contribution < 1.29 is 32.9 Å². The van der Waals surface area contributed by atoms with E-state index in [0.29, 0.717) is 17.4 Å². The van der Waals surface area contributed by atoms with Crippen LogP contribution in [-0.2, 0) is 18.4 Å². The molecule has 3 unspecified atom stereocenters. The molecule has 0 spiro atoms. The van der Waals surface area contributed by atoms with Gasteiger partial charge in [-0.3, -0.25) is 13.8 Å². The number of unbranched alkanes of at least 4 members (excludes halogenated alkanes) is 31. The van der Waals surface area contributed by atoms with E-state index in [-0.39, 0.29) is 19.1 Å². The summed E-state index contributed by atoms with van der Waals surface area (Å²) in [5.74, 6) is -0.177. The topological polar surface area (TPSA) is 105 Å². The Morgan fingerprint density at radius 3 is 1.28 bits per heavy atom. The van der Waals surface area contributed by atoms with Gasteiger partial charge in [0.15, 0.2) is 0 Å². The zero-order chi connectivity index (χ0) is 47.8. The largest absolute Gasteiger partial charge is 0.472 e. The van der Waals surface area contributed by atoms with Gasteiger partial charge in [0, 0.05) is 6.42 Å². The monoisotopic (exact) mass is 936 g/mol. The number of quaternary nitrogens is 1. The number of carbonyl (C=O) groups excluding carboxylic acids is 1. The van der Waals surface area contributed by atoms with E-state index in [0.717, 1.165) is 51.4 Å². The highest BCUT2D eigenvalue weighted by Crippen LogP contribution is 2.43.